The number of hydrogen-bond acceptors (Lipinski definition) is 7. The molecule has 3 N–H and O–H groups in total. The van der Waals surface area contributed by atoms with Crippen molar-refractivity contribution >= 4 is 33.3 Å². The van der Waals surface area contributed by atoms with Crippen LogP contribution >= 0.6 is 23.1 Å². The number of nitrogen functional groups attached to an aromatic ring is 1. The molecule has 3 aromatic heterocycles. The Balaban J connectivity index is 1.61. The molecule has 0 bridgehead atoms. The molecular weight excluding hydrogens is 389 g/mol. The quantitative estimate of drug-likeness (QED) is 0.515. The van der Waals surface area contributed by atoms with E-state index in [2.05, 4.69) is 20.2 Å². The zero-order valence-electron chi connectivity index (χ0n) is 13.3. The highest BCUT2D eigenvalue weighted by molar-refractivity contribution is 7.98. The summed E-state index contributed by atoms with van der Waals surface area (Å²) in [5.74, 6) is 4.62. The monoisotopic (exact) mass is 402 g/mol. The third-order valence-electron chi connectivity index (χ3n) is 4.13. The number of aromatic nitrogens is 5. The number of nitrogens with zero attached hydrogens (tertiary/aromatic N) is 4. The number of aromatic amines is 1. The summed E-state index contributed by atoms with van der Waals surface area (Å²) in [5, 5.41) is 7.04. The second-order valence-electron chi connectivity index (χ2n) is 5.87. The number of thiophene rings is 1. The zero-order valence-corrected chi connectivity index (χ0v) is 14.9. The first-order valence-corrected chi connectivity index (χ1v) is 9.58. The Morgan fingerprint density at radius 2 is 2.04 bits per heavy atom. The number of nitrogens with one attached hydrogen (secondary N) is 1. The molecule has 0 radical (unpaired) electrons. The lowest BCUT2D eigenvalue weighted by molar-refractivity contribution is -0.146. The summed E-state index contributed by atoms with van der Waals surface area (Å²) >= 11 is 2.44. The molecule has 0 amide bonds. The van der Waals surface area contributed by atoms with E-state index in [9.17, 15) is 18.0 Å². The van der Waals surface area contributed by atoms with E-state index in [0.717, 1.165) is 43.0 Å². The second-order valence-corrected chi connectivity index (χ2v) is 7.89. The van der Waals surface area contributed by atoms with E-state index >= 15 is 0 Å². The van der Waals surface area contributed by atoms with Gasteiger partial charge in [-0.3, -0.25) is 4.79 Å². The molecule has 138 valence electrons. The maximum absolute atomic E-state index is 12.7. The van der Waals surface area contributed by atoms with E-state index in [0.29, 0.717) is 20.7 Å². The summed E-state index contributed by atoms with van der Waals surface area (Å²) in [6, 6.07) is 0. The van der Waals surface area contributed by atoms with E-state index < -0.39 is 12.0 Å². The number of halogens is 3. The van der Waals surface area contributed by atoms with Crippen LogP contribution in [0.4, 0.5) is 13.2 Å². The first-order chi connectivity index (χ1) is 12.3. The van der Waals surface area contributed by atoms with Gasteiger partial charge in [-0.2, -0.15) is 13.2 Å². The number of rotatable bonds is 3. The van der Waals surface area contributed by atoms with Crippen molar-refractivity contribution in [1.82, 2.24) is 24.8 Å². The molecule has 0 saturated carbocycles. The minimum absolute atomic E-state index is 0.106. The predicted octanol–water partition coefficient (Wildman–Crippen LogP) is 2.48. The largest absolute Gasteiger partial charge is 0.453 e. The third-order valence-corrected chi connectivity index (χ3v) is 6.27. The summed E-state index contributed by atoms with van der Waals surface area (Å²) in [7, 11) is 0. The smallest absolute Gasteiger partial charge is 0.335 e. The van der Waals surface area contributed by atoms with Crippen molar-refractivity contribution in [3.8, 4) is 0 Å². The van der Waals surface area contributed by atoms with E-state index in [1.807, 2.05) is 0 Å². The molecule has 7 nitrogen and oxygen atoms in total. The Morgan fingerprint density at radius 1 is 1.27 bits per heavy atom. The van der Waals surface area contributed by atoms with Crippen LogP contribution in [0.5, 0.6) is 0 Å². The Morgan fingerprint density at radius 3 is 2.77 bits per heavy atom. The molecule has 0 saturated heterocycles. The Kier molecular flexibility index (Phi) is 4.18. The molecule has 0 fully saturated rings. The molecule has 0 atom stereocenters. The first-order valence-electron chi connectivity index (χ1n) is 7.78. The highest BCUT2D eigenvalue weighted by Gasteiger charge is 2.38. The van der Waals surface area contributed by atoms with Crippen LogP contribution in [0.1, 0.15) is 34.9 Å². The third kappa shape index (κ3) is 2.96. The van der Waals surface area contributed by atoms with Crippen LogP contribution in [0.15, 0.2) is 9.95 Å². The molecule has 0 aromatic carbocycles. The summed E-state index contributed by atoms with van der Waals surface area (Å²) in [5.41, 5.74) is 0.871. The van der Waals surface area contributed by atoms with Gasteiger partial charge in [-0.15, -0.1) is 21.5 Å². The van der Waals surface area contributed by atoms with E-state index in [4.69, 9.17) is 5.84 Å². The van der Waals surface area contributed by atoms with Crippen LogP contribution in [-0.4, -0.2) is 24.8 Å². The van der Waals surface area contributed by atoms with Gasteiger partial charge >= 0.3 is 6.18 Å². The average molecular weight is 402 g/mol. The van der Waals surface area contributed by atoms with Crippen LogP contribution in [-0.2, 0) is 24.8 Å². The SMILES string of the molecule is Nn1c(SCc2nc3sc4c(c3c(=O)[nH]2)CCCC4)nnc1C(F)(F)F. The summed E-state index contributed by atoms with van der Waals surface area (Å²) in [6.07, 6.45) is -0.680. The normalized spacial score (nSPS) is 14.7. The van der Waals surface area contributed by atoms with Crippen LogP contribution in [0.2, 0.25) is 0 Å². The van der Waals surface area contributed by atoms with Gasteiger partial charge < -0.3 is 10.8 Å². The number of nitrogens with two attached hydrogens (primary N) is 1. The fourth-order valence-corrected chi connectivity index (χ4v) is 4.99. The van der Waals surface area contributed by atoms with Crippen molar-refractivity contribution in [3.63, 3.8) is 0 Å². The van der Waals surface area contributed by atoms with Gasteiger partial charge in [-0.25, -0.2) is 9.66 Å². The number of hydrogen-bond donors (Lipinski definition) is 2. The first kappa shape index (κ1) is 17.3. The van der Waals surface area contributed by atoms with E-state index in [1.165, 1.54) is 16.2 Å². The highest BCUT2D eigenvalue weighted by atomic mass is 32.2. The van der Waals surface area contributed by atoms with Gasteiger partial charge in [0.25, 0.3) is 11.4 Å². The molecule has 26 heavy (non-hydrogen) atoms. The lowest BCUT2D eigenvalue weighted by Gasteiger charge is -2.09. The van der Waals surface area contributed by atoms with Crippen molar-refractivity contribution in [3.05, 3.63) is 32.4 Å². The zero-order chi connectivity index (χ0) is 18.5. The molecule has 0 aliphatic heterocycles. The molecule has 12 heteroatoms. The van der Waals surface area contributed by atoms with Gasteiger partial charge in [-0.1, -0.05) is 11.8 Å². The number of alkyl halides is 3. The number of H-pyrrole nitrogens is 1. The summed E-state index contributed by atoms with van der Waals surface area (Å²) in [4.78, 5) is 21.5. The second kappa shape index (κ2) is 6.27. The van der Waals surface area contributed by atoms with Gasteiger partial charge in [0, 0.05) is 4.88 Å². The van der Waals surface area contributed by atoms with Gasteiger partial charge in [0.05, 0.1) is 11.1 Å². The highest BCUT2D eigenvalue weighted by Crippen LogP contribution is 2.34. The molecule has 0 spiro atoms. The van der Waals surface area contributed by atoms with Crippen LogP contribution in [0.25, 0.3) is 10.2 Å². The lowest BCUT2D eigenvalue weighted by Crippen LogP contribution is -2.21. The maximum atomic E-state index is 12.7. The Hall–Kier alpha value is -2.08. The van der Waals surface area contributed by atoms with Crippen molar-refractivity contribution < 1.29 is 13.2 Å². The fourth-order valence-electron chi connectivity index (χ4n) is 2.98. The van der Waals surface area contributed by atoms with Crippen molar-refractivity contribution in [2.24, 2.45) is 0 Å². The van der Waals surface area contributed by atoms with Crippen LogP contribution in [0, 0.1) is 0 Å². The maximum Gasteiger partial charge on any atom is 0.453 e. The average Bonchev–Trinajstić information content (AvgIpc) is 3.13. The molecule has 4 rings (SSSR count). The fraction of sp³-hybridized carbons (Fsp3) is 0.429. The van der Waals surface area contributed by atoms with Gasteiger partial charge in [0.2, 0.25) is 5.16 Å². The molecule has 1 aliphatic carbocycles. The number of fused-ring (bicyclic) bond motifs is 3. The number of aryl methyl sites for hydroxylation is 2. The minimum atomic E-state index is -4.68. The van der Waals surface area contributed by atoms with Crippen molar-refractivity contribution in [2.75, 3.05) is 5.84 Å². The molecule has 1 aliphatic rings. The van der Waals surface area contributed by atoms with Crippen LogP contribution in [0.3, 0.4) is 0 Å². The minimum Gasteiger partial charge on any atom is -0.335 e. The van der Waals surface area contributed by atoms with Crippen molar-refractivity contribution in [2.45, 2.75) is 42.8 Å². The van der Waals surface area contributed by atoms with Crippen LogP contribution < -0.4 is 11.4 Å². The predicted molar refractivity (Wildman–Crippen MR) is 91.6 cm³/mol. The molecular formula is C14H13F3N6OS2. The van der Waals surface area contributed by atoms with E-state index in [-0.39, 0.29) is 16.5 Å². The van der Waals surface area contributed by atoms with Crippen molar-refractivity contribution in [1.29, 1.82) is 0 Å². The topological polar surface area (TPSA) is 102 Å². The Bertz CT molecular complexity index is 1040. The Labute approximate surface area is 152 Å². The molecule has 0 unspecified atom stereocenters. The number of thioether (sulfide) groups is 1. The summed E-state index contributed by atoms with van der Waals surface area (Å²) in [6.45, 7) is 0. The molecule has 3 aromatic rings. The molecule has 3 heterocycles. The summed E-state index contributed by atoms with van der Waals surface area (Å²) < 4.78 is 38.5. The van der Waals surface area contributed by atoms with E-state index in [1.54, 1.807) is 0 Å². The standard InChI is InChI=1S/C14H13F3N6OS2/c15-14(16,17)12-21-22-13(23(12)18)25-5-8-19-10(24)9-6-3-1-2-4-7(6)26-11(9)20-8/h1-5,18H2,(H,19,20,24). The van der Waals surface area contributed by atoms with Gasteiger partial charge in [0.15, 0.2) is 0 Å². The lowest BCUT2D eigenvalue weighted by atomic mass is 9.97. The van der Waals surface area contributed by atoms with Gasteiger partial charge in [-0.05, 0) is 31.2 Å². The van der Waals surface area contributed by atoms with Gasteiger partial charge in [0.1, 0.15) is 10.7 Å².